The Morgan fingerprint density at radius 2 is 0.434 bits per heavy atom. The van der Waals surface area contributed by atoms with Crippen molar-refractivity contribution in [1.29, 1.82) is 0 Å². The van der Waals surface area contributed by atoms with E-state index < -0.39 is 0 Å². The molecular weight excluding hydrogens is 1300 g/mol. The number of aromatic nitrogens is 4. The summed E-state index contributed by atoms with van der Waals surface area (Å²) >= 11 is 0. The maximum Gasteiger partial charge on any atom is 0.123 e. The van der Waals surface area contributed by atoms with Gasteiger partial charge >= 0.3 is 0 Å². The lowest BCUT2D eigenvalue weighted by Crippen LogP contribution is -2.10. The molecule has 0 saturated carbocycles. The monoisotopic (exact) mass is 1370 g/mol. The van der Waals surface area contributed by atoms with Gasteiger partial charge in [0.15, 0.2) is 0 Å². The molecule has 0 amide bonds. The summed E-state index contributed by atoms with van der Waals surface area (Å²) in [6, 6.07) is 131. The third-order valence-electron chi connectivity index (χ3n) is 20.8. The zero-order chi connectivity index (χ0) is 70.9. The molecule has 20 aromatic rings. The number of nitrogens with zero attached hydrogens (tertiary/aromatic N) is 6. The Hall–Kier alpha value is -13.8. The molecule has 0 spiro atoms. The van der Waals surface area contributed by atoms with Crippen LogP contribution in [-0.2, 0) is 0 Å². The molecule has 0 unspecified atom stereocenters. The Bertz CT molecular complexity index is 6640. The topological polar surface area (TPSA) is 26.2 Å². The molecule has 4 heterocycles. The average Bonchev–Trinajstić information content (AvgIpc) is 1.60. The Morgan fingerprint density at radius 1 is 0.189 bits per heavy atom. The molecule has 504 valence electrons. The third kappa shape index (κ3) is 11.1. The van der Waals surface area contributed by atoms with Crippen molar-refractivity contribution in [2.45, 2.75) is 13.8 Å². The van der Waals surface area contributed by atoms with Crippen LogP contribution >= 0.6 is 0 Å². The average molecular weight is 1370 g/mol. The van der Waals surface area contributed by atoms with Crippen molar-refractivity contribution >= 4 is 121 Å². The first-order chi connectivity index (χ1) is 52.2. The first-order valence-corrected chi connectivity index (χ1v) is 35.9. The van der Waals surface area contributed by atoms with Gasteiger partial charge in [0.2, 0.25) is 0 Å². The van der Waals surface area contributed by atoms with Crippen LogP contribution in [0.3, 0.4) is 0 Å². The molecule has 16 aromatic carbocycles. The highest BCUT2D eigenvalue weighted by atomic mass is 19.1. The fourth-order valence-electron chi connectivity index (χ4n) is 16.0. The maximum atomic E-state index is 13.9. The predicted octanol–water partition coefficient (Wildman–Crippen LogP) is 26.9. The van der Waals surface area contributed by atoms with Crippen LogP contribution in [0.2, 0.25) is 0 Å². The summed E-state index contributed by atoms with van der Waals surface area (Å²) in [6.45, 7) is 4.30. The SMILES string of the molecule is Cc1cccc(N(c2ccc(-n3c4ccccc4c4cc(-c5ccc6c(c5)c5ccccc5n6-c5ccccc5)ccc43)cc2)c2cccc(C)c2)c1.Fc1ccc(N(c2ccc(F)cc2)c2ccc(-n3c4ccccc4c4cc(-c5ccc6c(c5)c5ccccc5n6-c5ccccc5)ccc43)cc2)cc1. The van der Waals surface area contributed by atoms with E-state index in [0.717, 1.165) is 67.8 Å². The minimum atomic E-state index is -0.311. The second-order valence-electron chi connectivity index (χ2n) is 27.3. The predicted molar refractivity (Wildman–Crippen MR) is 440 cm³/mol. The van der Waals surface area contributed by atoms with E-state index in [2.05, 4.69) is 365 Å². The Kier molecular flexibility index (Phi) is 15.6. The molecule has 0 atom stereocenters. The van der Waals surface area contributed by atoms with Crippen LogP contribution in [0.5, 0.6) is 0 Å². The number of halogens is 2. The van der Waals surface area contributed by atoms with E-state index >= 15 is 0 Å². The largest absolute Gasteiger partial charge is 0.310 e. The summed E-state index contributed by atoms with van der Waals surface area (Å²) in [4.78, 5) is 4.34. The molecule has 6 nitrogen and oxygen atoms in total. The van der Waals surface area contributed by atoms with Gasteiger partial charge in [0, 0.05) is 100.0 Å². The van der Waals surface area contributed by atoms with E-state index in [1.165, 1.54) is 134 Å². The number of aryl methyl sites for hydroxylation is 2. The first-order valence-electron chi connectivity index (χ1n) is 35.9. The fourth-order valence-corrected chi connectivity index (χ4v) is 16.0. The molecule has 0 aliphatic rings. The van der Waals surface area contributed by atoms with Crippen LogP contribution in [0, 0.1) is 25.5 Å². The number of hydrogen-bond acceptors (Lipinski definition) is 2. The molecular formula is C98H68F2N6. The van der Waals surface area contributed by atoms with Crippen LogP contribution in [-0.4, -0.2) is 18.3 Å². The molecule has 0 aliphatic heterocycles. The van der Waals surface area contributed by atoms with Crippen LogP contribution in [0.1, 0.15) is 11.1 Å². The van der Waals surface area contributed by atoms with E-state index in [-0.39, 0.29) is 11.6 Å². The van der Waals surface area contributed by atoms with Crippen molar-refractivity contribution in [3.05, 3.63) is 399 Å². The lowest BCUT2D eigenvalue weighted by atomic mass is 10.0. The summed E-state index contributed by atoms with van der Waals surface area (Å²) < 4.78 is 37.2. The number of rotatable bonds is 12. The molecule has 8 heteroatoms. The normalized spacial score (nSPS) is 11.6. The van der Waals surface area contributed by atoms with Crippen molar-refractivity contribution in [3.63, 3.8) is 0 Å². The van der Waals surface area contributed by atoms with Crippen molar-refractivity contribution in [3.8, 4) is 45.0 Å². The highest BCUT2D eigenvalue weighted by Gasteiger charge is 2.22. The van der Waals surface area contributed by atoms with Crippen molar-refractivity contribution in [2.75, 3.05) is 9.80 Å². The van der Waals surface area contributed by atoms with Crippen LogP contribution in [0.4, 0.5) is 42.9 Å². The number of anilines is 6. The molecule has 0 bridgehead atoms. The van der Waals surface area contributed by atoms with Gasteiger partial charge in [0.05, 0.1) is 44.1 Å². The van der Waals surface area contributed by atoms with E-state index in [1.807, 2.05) is 4.90 Å². The Balaban J connectivity index is 0.000000145. The molecule has 0 N–H and O–H groups in total. The van der Waals surface area contributed by atoms with Crippen LogP contribution in [0.15, 0.2) is 376 Å². The van der Waals surface area contributed by atoms with E-state index in [0.29, 0.717) is 0 Å². The van der Waals surface area contributed by atoms with Crippen LogP contribution < -0.4 is 9.80 Å². The summed E-state index contributed by atoms with van der Waals surface area (Å²) in [5.41, 5.74) is 26.9. The quantitative estimate of drug-likeness (QED) is 0.122. The molecule has 0 fully saturated rings. The van der Waals surface area contributed by atoms with Gasteiger partial charge in [-0.15, -0.1) is 0 Å². The van der Waals surface area contributed by atoms with Gasteiger partial charge in [-0.2, -0.15) is 0 Å². The molecule has 20 rings (SSSR count). The lowest BCUT2D eigenvalue weighted by Gasteiger charge is -2.26. The van der Waals surface area contributed by atoms with Gasteiger partial charge < -0.3 is 28.1 Å². The van der Waals surface area contributed by atoms with Crippen molar-refractivity contribution in [1.82, 2.24) is 18.3 Å². The second-order valence-corrected chi connectivity index (χ2v) is 27.3. The van der Waals surface area contributed by atoms with E-state index in [4.69, 9.17) is 0 Å². The Morgan fingerprint density at radius 3 is 0.726 bits per heavy atom. The lowest BCUT2D eigenvalue weighted by molar-refractivity contribution is 0.628. The van der Waals surface area contributed by atoms with E-state index in [9.17, 15) is 8.78 Å². The minimum absolute atomic E-state index is 0.311. The molecule has 0 radical (unpaired) electrons. The summed E-state index contributed by atoms with van der Waals surface area (Å²) in [7, 11) is 0. The molecule has 4 aromatic heterocycles. The summed E-state index contributed by atoms with van der Waals surface area (Å²) in [5, 5.41) is 9.81. The van der Waals surface area contributed by atoms with Gasteiger partial charge in [0.25, 0.3) is 0 Å². The smallest absolute Gasteiger partial charge is 0.123 e. The second kappa shape index (κ2) is 26.2. The zero-order valence-corrected chi connectivity index (χ0v) is 58.2. The van der Waals surface area contributed by atoms with Gasteiger partial charge in [-0.25, -0.2) is 8.78 Å². The highest BCUT2D eigenvalue weighted by molar-refractivity contribution is 6.15. The summed E-state index contributed by atoms with van der Waals surface area (Å²) in [5.74, 6) is -0.622. The zero-order valence-electron chi connectivity index (χ0n) is 58.2. The van der Waals surface area contributed by atoms with Crippen molar-refractivity contribution < 1.29 is 8.78 Å². The number of hydrogen-bond donors (Lipinski definition) is 0. The molecule has 0 saturated heterocycles. The maximum absolute atomic E-state index is 13.9. The summed E-state index contributed by atoms with van der Waals surface area (Å²) in [6.07, 6.45) is 0. The number of para-hydroxylation sites is 6. The number of fused-ring (bicyclic) bond motifs is 12. The van der Waals surface area contributed by atoms with Crippen LogP contribution in [0.25, 0.3) is 132 Å². The van der Waals surface area contributed by atoms with Gasteiger partial charge in [-0.3, -0.25) is 0 Å². The molecule has 106 heavy (non-hydrogen) atoms. The third-order valence-corrected chi connectivity index (χ3v) is 20.8. The standard InChI is InChI=1S/C50H37N3.C48H31F2N3/c1-34-12-10-16-41(30-34)51(42-17-11-13-35(2)31-42)39-24-26-40(27-25-39)53-48-21-9-7-19-44(48)46-33-37(23-29-50(46)53)36-22-28-49-45(32-36)43-18-6-8-20-47(43)52(49)38-14-4-3-5-15-38;49-34-16-20-37(21-17-34)51(38-22-18-35(50)19-23-38)39-24-26-40(27-25-39)53-46-13-7-5-11-42(46)44-31-33(15-29-48(44)53)32-14-28-47-43(30-32)41-10-4-6-12-45(41)52(47)36-8-2-1-3-9-36/h3-33H,1-2H3;1-31H. The first kappa shape index (κ1) is 63.1. The Labute approximate surface area is 612 Å². The van der Waals surface area contributed by atoms with E-state index in [1.54, 1.807) is 24.3 Å². The molecule has 0 aliphatic carbocycles. The number of benzene rings is 16. The minimum Gasteiger partial charge on any atom is -0.310 e. The fraction of sp³-hybridized carbons (Fsp3) is 0.0204. The van der Waals surface area contributed by atoms with Gasteiger partial charge in [-0.1, -0.05) is 158 Å². The highest BCUT2D eigenvalue weighted by Crippen LogP contribution is 2.44. The van der Waals surface area contributed by atoms with Crippen molar-refractivity contribution in [2.24, 2.45) is 0 Å². The van der Waals surface area contributed by atoms with Gasteiger partial charge in [-0.05, 0) is 266 Å². The van der Waals surface area contributed by atoms with Gasteiger partial charge in [0.1, 0.15) is 11.6 Å².